The summed E-state index contributed by atoms with van der Waals surface area (Å²) in [5, 5.41) is 11.8. The molecule has 0 bridgehead atoms. The van der Waals surface area contributed by atoms with Gasteiger partial charge in [-0.25, -0.2) is 4.98 Å². The molecule has 8 nitrogen and oxygen atoms in total. The molecule has 0 aliphatic carbocycles. The molecule has 4 aromatic carbocycles. The summed E-state index contributed by atoms with van der Waals surface area (Å²) in [6, 6.07) is 28.1. The fourth-order valence-corrected chi connectivity index (χ4v) is 5.88. The predicted octanol–water partition coefficient (Wildman–Crippen LogP) is 6.52. The van der Waals surface area contributed by atoms with E-state index in [9.17, 15) is 14.7 Å². The van der Waals surface area contributed by atoms with E-state index < -0.39 is 17.7 Å². The Bertz CT molecular complexity index is 1800. The highest BCUT2D eigenvalue weighted by Gasteiger charge is 2.48. The van der Waals surface area contributed by atoms with Crippen LogP contribution in [0.5, 0.6) is 17.2 Å². The molecule has 9 heteroatoms. The molecule has 1 amide bonds. The van der Waals surface area contributed by atoms with Crippen LogP contribution >= 0.6 is 11.3 Å². The highest BCUT2D eigenvalue weighted by molar-refractivity contribution is 7.22. The van der Waals surface area contributed by atoms with E-state index in [4.69, 9.17) is 14.2 Å². The van der Waals surface area contributed by atoms with Gasteiger partial charge >= 0.3 is 5.91 Å². The van der Waals surface area contributed by atoms with E-state index in [0.717, 1.165) is 10.3 Å². The van der Waals surface area contributed by atoms with Crippen LogP contribution in [0.3, 0.4) is 0 Å². The third-order valence-electron chi connectivity index (χ3n) is 7.04. The first-order valence-corrected chi connectivity index (χ1v) is 13.9. The molecule has 6 rings (SSSR count). The molecule has 1 aliphatic rings. The molecule has 1 aromatic heterocycles. The van der Waals surface area contributed by atoms with Gasteiger partial charge in [-0.3, -0.25) is 14.5 Å². The standard InChI is InChI=1S/C33H26N2O6S/c1-39-23-12-10-22(11-13-23)30(36)28-29(21-8-14-24(15-9-21)41-19-20-6-4-3-5-7-20)35(32(38)31(28)37)33-34-26-17-16-25(40-2)18-27(26)42-33/h3-18,29,36H,19H2,1-2H3. The number of anilines is 1. The van der Waals surface area contributed by atoms with Crippen LogP contribution in [-0.4, -0.2) is 36.0 Å². The largest absolute Gasteiger partial charge is 0.507 e. The summed E-state index contributed by atoms with van der Waals surface area (Å²) < 4.78 is 17.3. The van der Waals surface area contributed by atoms with Gasteiger partial charge in [0.25, 0.3) is 5.78 Å². The number of Topliss-reactive ketones (excluding diaryl/α,β-unsaturated/α-hetero) is 1. The van der Waals surface area contributed by atoms with Gasteiger partial charge in [-0.05, 0) is 65.7 Å². The van der Waals surface area contributed by atoms with E-state index in [-0.39, 0.29) is 11.3 Å². The van der Waals surface area contributed by atoms with E-state index in [1.807, 2.05) is 36.4 Å². The minimum atomic E-state index is -0.919. The van der Waals surface area contributed by atoms with Gasteiger partial charge in [-0.15, -0.1) is 0 Å². The summed E-state index contributed by atoms with van der Waals surface area (Å²) >= 11 is 1.27. The average molecular weight is 579 g/mol. The van der Waals surface area contributed by atoms with Crippen molar-refractivity contribution in [3.63, 3.8) is 0 Å². The zero-order valence-corrected chi connectivity index (χ0v) is 23.6. The van der Waals surface area contributed by atoms with E-state index in [0.29, 0.717) is 45.6 Å². The number of fused-ring (bicyclic) bond motifs is 1. The molecule has 1 unspecified atom stereocenters. The highest BCUT2D eigenvalue weighted by Crippen LogP contribution is 2.45. The van der Waals surface area contributed by atoms with Crippen LogP contribution in [0.15, 0.2) is 103 Å². The molecule has 1 N–H and O–H groups in total. The van der Waals surface area contributed by atoms with Gasteiger partial charge in [0, 0.05) is 5.56 Å². The molecule has 1 aliphatic heterocycles. The smallest absolute Gasteiger partial charge is 0.301 e. The number of aromatic nitrogens is 1. The first-order chi connectivity index (χ1) is 20.5. The second-order valence-corrected chi connectivity index (χ2v) is 10.6. The number of benzene rings is 4. The molecule has 1 atom stereocenters. The van der Waals surface area contributed by atoms with E-state index in [2.05, 4.69) is 4.98 Å². The molecular weight excluding hydrogens is 552 g/mol. The number of aliphatic hydroxyl groups is 1. The van der Waals surface area contributed by atoms with Gasteiger partial charge in [0.2, 0.25) is 0 Å². The minimum Gasteiger partial charge on any atom is -0.507 e. The fraction of sp³-hybridized carbons (Fsp3) is 0.121. The summed E-state index contributed by atoms with van der Waals surface area (Å²) in [6.45, 7) is 0.394. The Kier molecular flexibility index (Phi) is 7.33. The first-order valence-electron chi connectivity index (χ1n) is 13.1. The lowest BCUT2D eigenvalue weighted by atomic mass is 9.95. The molecule has 1 saturated heterocycles. The molecule has 1 fully saturated rings. The van der Waals surface area contributed by atoms with Crippen molar-refractivity contribution in [2.45, 2.75) is 12.6 Å². The van der Waals surface area contributed by atoms with Gasteiger partial charge in [0.05, 0.1) is 36.1 Å². The Hall–Kier alpha value is -5.15. The van der Waals surface area contributed by atoms with Gasteiger partial charge in [-0.1, -0.05) is 53.8 Å². The van der Waals surface area contributed by atoms with Crippen LogP contribution in [0.4, 0.5) is 5.13 Å². The van der Waals surface area contributed by atoms with Crippen LogP contribution < -0.4 is 19.1 Å². The minimum absolute atomic E-state index is 0.0278. The Morgan fingerprint density at radius 3 is 2.21 bits per heavy atom. The number of ketones is 1. The number of carbonyl (C=O) groups is 2. The maximum atomic E-state index is 13.6. The maximum Gasteiger partial charge on any atom is 0.301 e. The summed E-state index contributed by atoms with van der Waals surface area (Å²) in [5.74, 6) is 0.0268. The second kappa shape index (κ2) is 11.4. The third-order valence-corrected chi connectivity index (χ3v) is 8.06. The third kappa shape index (κ3) is 5.06. The van der Waals surface area contributed by atoms with Crippen LogP contribution in [0.2, 0.25) is 0 Å². The molecule has 42 heavy (non-hydrogen) atoms. The van der Waals surface area contributed by atoms with Crippen LogP contribution in [0.1, 0.15) is 22.7 Å². The average Bonchev–Trinajstić information content (AvgIpc) is 3.57. The number of thiazole rings is 1. The van der Waals surface area contributed by atoms with E-state index >= 15 is 0 Å². The number of hydrogen-bond acceptors (Lipinski definition) is 8. The van der Waals surface area contributed by atoms with Crippen LogP contribution in [0, 0.1) is 0 Å². The van der Waals surface area contributed by atoms with Crippen LogP contribution in [0.25, 0.3) is 16.0 Å². The Morgan fingerprint density at radius 2 is 1.52 bits per heavy atom. The summed E-state index contributed by atoms with van der Waals surface area (Å²) in [5.41, 5.74) is 2.67. The number of methoxy groups -OCH3 is 2. The Balaban J connectivity index is 1.42. The number of carbonyl (C=O) groups excluding carboxylic acids is 2. The summed E-state index contributed by atoms with van der Waals surface area (Å²) in [4.78, 5) is 33.2. The fourth-order valence-electron chi connectivity index (χ4n) is 4.86. The van der Waals surface area contributed by atoms with Gasteiger partial charge in [-0.2, -0.15) is 0 Å². The number of rotatable bonds is 8. The van der Waals surface area contributed by atoms with Crippen molar-refractivity contribution in [3.8, 4) is 17.2 Å². The van der Waals surface area contributed by atoms with Crippen molar-refractivity contribution in [2.75, 3.05) is 19.1 Å². The van der Waals surface area contributed by atoms with Gasteiger partial charge < -0.3 is 19.3 Å². The number of nitrogens with zero attached hydrogens (tertiary/aromatic N) is 2. The lowest BCUT2D eigenvalue weighted by Crippen LogP contribution is -2.29. The number of ether oxygens (including phenoxy) is 3. The van der Waals surface area contributed by atoms with Gasteiger partial charge in [0.15, 0.2) is 5.13 Å². The summed E-state index contributed by atoms with van der Waals surface area (Å²) in [7, 11) is 3.12. The quantitative estimate of drug-likeness (QED) is 0.127. The number of hydrogen-bond donors (Lipinski definition) is 1. The molecule has 210 valence electrons. The van der Waals surface area contributed by atoms with Crippen molar-refractivity contribution >= 4 is 44.1 Å². The monoisotopic (exact) mass is 578 g/mol. The number of aliphatic hydroxyl groups excluding tert-OH is 1. The maximum absolute atomic E-state index is 13.6. The Morgan fingerprint density at radius 1 is 0.857 bits per heavy atom. The van der Waals surface area contributed by atoms with Crippen molar-refractivity contribution in [3.05, 3.63) is 119 Å². The topological polar surface area (TPSA) is 98.2 Å². The normalized spacial score (nSPS) is 16.1. The van der Waals surface area contributed by atoms with Crippen molar-refractivity contribution < 1.29 is 28.9 Å². The first kappa shape index (κ1) is 27.0. The highest BCUT2D eigenvalue weighted by atomic mass is 32.1. The van der Waals surface area contributed by atoms with Crippen molar-refractivity contribution in [2.24, 2.45) is 0 Å². The zero-order valence-electron chi connectivity index (χ0n) is 22.8. The summed E-state index contributed by atoms with van der Waals surface area (Å²) in [6.07, 6.45) is 0. The van der Waals surface area contributed by atoms with Crippen LogP contribution in [-0.2, 0) is 16.2 Å². The van der Waals surface area contributed by atoms with E-state index in [1.165, 1.54) is 16.2 Å². The SMILES string of the molecule is COc1ccc(C(O)=C2C(=O)C(=O)N(c3nc4ccc(OC)cc4s3)C2c2ccc(OCc3ccccc3)cc2)cc1. The second-order valence-electron chi connectivity index (χ2n) is 9.57. The lowest BCUT2D eigenvalue weighted by molar-refractivity contribution is -0.132. The lowest BCUT2D eigenvalue weighted by Gasteiger charge is -2.23. The number of amides is 1. The van der Waals surface area contributed by atoms with Crippen molar-refractivity contribution in [1.82, 2.24) is 4.98 Å². The molecule has 2 heterocycles. The zero-order chi connectivity index (χ0) is 29.2. The predicted molar refractivity (Wildman–Crippen MR) is 161 cm³/mol. The Labute approximate surface area is 246 Å². The molecule has 5 aromatic rings. The van der Waals surface area contributed by atoms with Crippen molar-refractivity contribution in [1.29, 1.82) is 0 Å². The van der Waals surface area contributed by atoms with Gasteiger partial charge in [0.1, 0.15) is 29.6 Å². The molecular formula is C33H26N2O6S. The molecule has 0 spiro atoms. The molecule has 0 saturated carbocycles. The van der Waals surface area contributed by atoms with E-state index in [1.54, 1.807) is 74.9 Å². The molecule has 0 radical (unpaired) electrons.